The third-order valence-corrected chi connectivity index (χ3v) is 3.58. The topological polar surface area (TPSA) is 99.4 Å². The third-order valence-electron chi connectivity index (χ3n) is 3.58. The van der Waals surface area contributed by atoms with Gasteiger partial charge in [-0.1, -0.05) is 24.3 Å². The van der Waals surface area contributed by atoms with E-state index in [0.29, 0.717) is 22.4 Å². The fourth-order valence-corrected chi connectivity index (χ4v) is 2.26. The Kier molecular flexibility index (Phi) is 6.52. The number of hydrogen-bond donors (Lipinski definition) is 2. The highest BCUT2D eigenvalue weighted by atomic mass is 16.5. The minimum Gasteiger partial charge on any atom is -0.490 e. The number of aliphatic carboxylic acids is 1. The molecule has 2 aromatic rings. The average molecular weight is 350 g/mol. The van der Waals surface area contributed by atoms with Crippen molar-refractivity contribution in [3.8, 4) is 11.8 Å². The summed E-state index contributed by atoms with van der Waals surface area (Å²) in [6, 6.07) is 14.1. The predicted octanol–water partition coefficient (Wildman–Crippen LogP) is 2.77. The van der Waals surface area contributed by atoms with Crippen LogP contribution in [0.1, 0.15) is 27.0 Å². The van der Waals surface area contributed by atoms with Gasteiger partial charge in [-0.3, -0.25) is 4.79 Å². The Labute approximate surface area is 151 Å². The van der Waals surface area contributed by atoms with Gasteiger partial charge in [-0.25, -0.2) is 4.79 Å². The summed E-state index contributed by atoms with van der Waals surface area (Å²) < 4.78 is 5.52. The van der Waals surface area contributed by atoms with Gasteiger partial charge in [-0.2, -0.15) is 5.26 Å². The monoisotopic (exact) mass is 350 g/mol. The van der Waals surface area contributed by atoms with E-state index in [1.807, 2.05) is 6.07 Å². The molecule has 2 rings (SSSR count). The van der Waals surface area contributed by atoms with Crippen molar-refractivity contribution in [2.24, 2.45) is 0 Å². The van der Waals surface area contributed by atoms with Crippen LogP contribution in [0.25, 0.3) is 6.08 Å². The minimum atomic E-state index is -1.05. The summed E-state index contributed by atoms with van der Waals surface area (Å²) in [5.41, 5.74) is 2.32. The van der Waals surface area contributed by atoms with Gasteiger partial charge in [-0.15, -0.1) is 0 Å². The van der Waals surface area contributed by atoms with Crippen LogP contribution in [0.15, 0.2) is 48.5 Å². The zero-order valence-corrected chi connectivity index (χ0v) is 14.2. The lowest BCUT2D eigenvalue weighted by Gasteiger charge is -2.10. The normalized spacial score (nSPS) is 10.3. The van der Waals surface area contributed by atoms with Crippen LogP contribution in [0.4, 0.5) is 0 Å². The number of carbonyl (C=O) groups excluding carboxylic acids is 1. The Bertz CT molecular complexity index is 882. The molecule has 0 atom stereocenters. The maximum absolute atomic E-state index is 12.3. The third kappa shape index (κ3) is 5.21. The molecule has 132 valence electrons. The fourth-order valence-electron chi connectivity index (χ4n) is 2.26. The fraction of sp³-hybridized carbons (Fsp3) is 0.150. The van der Waals surface area contributed by atoms with Crippen molar-refractivity contribution >= 4 is 18.0 Å². The van der Waals surface area contributed by atoms with Crippen LogP contribution >= 0.6 is 0 Å². The number of nitriles is 1. The number of amides is 1. The highest BCUT2D eigenvalue weighted by Gasteiger charge is 2.09. The highest BCUT2D eigenvalue weighted by molar-refractivity contribution is 5.96. The molecule has 0 aliphatic rings. The Hall–Kier alpha value is -3.59. The van der Waals surface area contributed by atoms with E-state index in [2.05, 4.69) is 5.32 Å². The molecule has 2 aromatic carbocycles. The second-order valence-electron chi connectivity index (χ2n) is 5.46. The summed E-state index contributed by atoms with van der Waals surface area (Å²) >= 11 is 0. The van der Waals surface area contributed by atoms with E-state index >= 15 is 0 Å². The van der Waals surface area contributed by atoms with Gasteiger partial charge in [0.2, 0.25) is 0 Å². The smallest absolute Gasteiger partial charge is 0.328 e. The molecule has 0 radical (unpaired) electrons. The Balaban J connectivity index is 1.94. The van der Waals surface area contributed by atoms with Crippen LogP contribution in [-0.4, -0.2) is 30.1 Å². The van der Waals surface area contributed by atoms with Crippen LogP contribution in [0.3, 0.4) is 0 Å². The maximum Gasteiger partial charge on any atom is 0.328 e. The number of nitrogens with zero attached hydrogens (tertiary/aromatic N) is 1. The summed E-state index contributed by atoms with van der Waals surface area (Å²) in [5, 5.41) is 20.4. The molecule has 6 heteroatoms. The average Bonchev–Trinajstić information content (AvgIpc) is 2.64. The van der Waals surface area contributed by atoms with Gasteiger partial charge in [0.25, 0.3) is 5.91 Å². The molecule has 0 saturated heterocycles. The number of rotatable bonds is 7. The van der Waals surface area contributed by atoms with E-state index in [4.69, 9.17) is 15.1 Å². The number of para-hydroxylation sites is 1. The second kappa shape index (κ2) is 9.04. The Morgan fingerprint density at radius 1 is 1.27 bits per heavy atom. The van der Waals surface area contributed by atoms with Gasteiger partial charge in [0, 0.05) is 11.6 Å². The number of ether oxygens (including phenoxy) is 1. The summed E-state index contributed by atoms with van der Waals surface area (Å²) in [6.07, 6.45) is 2.45. The first-order valence-electron chi connectivity index (χ1n) is 7.93. The zero-order chi connectivity index (χ0) is 18.9. The van der Waals surface area contributed by atoms with Crippen molar-refractivity contribution in [3.63, 3.8) is 0 Å². The van der Waals surface area contributed by atoms with Crippen molar-refractivity contribution in [3.05, 3.63) is 70.8 Å². The first-order valence-corrected chi connectivity index (χ1v) is 7.93. The molecule has 0 fully saturated rings. The predicted molar refractivity (Wildman–Crippen MR) is 96.8 cm³/mol. The van der Waals surface area contributed by atoms with Crippen molar-refractivity contribution in [2.45, 2.75) is 6.92 Å². The molecule has 26 heavy (non-hydrogen) atoms. The van der Waals surface area contributed by atoms with Gasteiger partial charge in [-0.05, 0) is 42.3 Å². The molecule has 0 aliphatic carbocycles. The lowest BCUT2D eigenvalue weighted by Crippen LogP contribution is -2.28. The van der Waals surface area contributed by atoms with E-state index in [0.717, 1.165) is 11.6 Å². The lowest BCUT2D eigenvalue weighted by atomic mass is 10.0. The van der Waals surface area contributed by atoms with E-state index in [9.17, 15) is 9.59 Å². The van der Waals surface area contributed by atoms with Crippen LogP contribution in [0.2, 0.25) is 0 Å². The number of carboxylic acids is 1. The lowest BCUT2D eigenvalue weighted by molar-refractivity contribution is -0.131. The summed E-state index contributed by atoms with van der Waals surface area (Å²) in [5.74, 6) is -0.849. The quantitative estimate of drug-likeness (QED) is 0.591. The standard InChI is InChI=1S/C20H18N2O4/c1-14-6-7-15(8-9-19(23)24)12-17(14)20(25)22-10-11-26-18-5-3-2-4-16(18)13-21/h2-9,12H,10-11H2,1H3,(H,22,25)(H,23,24)/b9-8+. The van der Waals surface area contributed by atoms with Gasteiger partial charge in [0.05, 0.1) is 12.1 Å². The Morgan fingerprint density at radius 2 is 2.04 bits per heavy atom. The first kappa shape index (κ1) is 18.7. The summed E-state index contributed by atoms with van der Waals surface area (Å²) in [7, 11) is 0. The van der Waals surface area contributed by atoms with Crippen molar-refractivity contribution in [2.75, 3.05) is 13.2 Å². The molecular formula is C20H18N2O4. The summed E-state index contributed by atoms with van der Waals surface area (Å²) in [6.45, 7) is 2.30. The largest absolute Gasteiger partial charge is 0.490 e. The maximum atomic E-state index is 12.3. The van der Waals surface area contributed by atoms with Gasteiger partial charge >= 0.3 is 5.97 Å². The molecule has 0 saturated carbocycles. The van der Waals surface area contributed by atoms with Crippen LogP contribution in [-0.2, 0) is 4.79 Å². The van der Waals surface area contributed by atoms with Crippen molar-refractivity contribution < 1.29 is 19.4 Å². The molecule has 2 N–H and O–H groups in total. The van der Waals surface area contributed by atoms with Crippen LogP contribution < -0.4 is 10.1 Å². The molecule has 0 bridgehead atoms. The van der Waals surface area contributed by atoms with Crippen LogP contribution in [0, 0.1) is 18.3 Å². The molecule has 0 spiro atoms. The van der Waals surface area contributed by atoms with E-state index in [-0.39, 0.29) is 19.1 Å². The molecule has 0 heterocycles. The van der Waals surface area contributed by atoms with E-state index in [1.54, 1.807) is 49.4 Å². The number of carboxylic acid groups (broad SMARTS) is 1. The molecule has 0 unspecified atom stereocenters. The molecule has 6 nitrogen and oxygen atoms in total. The zero-order valence-electron chi connectivity index (χ0n) is 14.2. The SMILES string of the molecule is Cc1ccc(/C=C/C(=O)O)cc1C(=O)NCCOc1ccccc1C#N. The van der Waals surface area contributed by atoms with Crippen LogP contribution in [0.5, 0.6) is 5.75 Å². The van der Waals surface area contributed by atoms with Gasteiger partial charge in [0.15, 0.2) is 0 Å². The molecule has 0 aliphatic heterocycles. The minimum absolute atomic E-state index is 0.224. The number of nitrogens with one attached hydrogen (secondary N) is 1. The van der Waals surface area contributed by atoms with Crippen molar-refractivity contribution in [1.82, 2.24) is 5.32 Å². The second-order valence-corrected chi connectivity index (χ2v) is 5.46. The molecule has 0 aromatic heterocycles. The van der Waals surface area contributed by atoms with Crippen molar-refractivity contribution in [1.29, 1.82) is 5.26 Å². The highest BCUT2D eigenvalue weighted by Crippen LogP contribution is 2.16. The Morgan fingerprint density at radius 3 is 2.77 bits per heavy atom. The number of hydrogen-bond acceptors (Lipinski definition) is 4. The molecule has 1 amide bonds. The van der Waals surface area contributed by atoms with Gasteiger partial charge in [0.1, 0.15) is 18.4 Å². The van der Waals surface area contributed by atoms with Gasteiger partial charge < -0.3 is 15.2 Å². The number of aryl methyl sites for hydroxylation is 1. The number of benzene rings is 2. The summed E-state index contributed by atoms with van der Waals surface area (Å²) in [4.78, 5) is 22.9. The molecular weight excluding hydrogens is 332 g/mol. The first-order chi connectivity index (χ1) is 12.5. The van der Waals surface area contributed by atoms with E-state index in [1.165, 1.54) is 6.08 Å². The number of carbonyl (C=O) groups is 2. The van der Waals surface area contributed by atoms with E-state index < -0.39 is 5.97 Å².